The van der Waals surface area contributed by atoms with E-state index in [1.807, 2.05) is 13.8 Å². The smallest absolute Gasteiger partial charge is 0.262 e. The predicted molar refractivity (Wildman–Crippen MR) is 85.3 cm³/mol. The third-order valence-corrected chi connectivity index (χ3v) is 3.46. The Balaban J connectivity index is 0.000000775. The Morgan fingerprint density at radius 2 is 1.59 bits per heavy atom. The zero-order valence-electron chi connectivity index (χ0n) is 12.2. The summed E-state index contributed by atoms with van der Waals surface area (Å²) in [4.78, 5) is 37.5. The van der Waals surface area contributed by atoms with Crippen LogP contribution >= 0.6 is 0 Å². The van der Waals surface area contributed by atoms with Crippen molar-refractivity contribution in [2.45, 2.75) is 40.2 Å². The van der Waals surface area contributed by atoms with Gasteiger partial charge in [-0.3, -0.25) is 19.3 Å². The second-order valence-corrected chi connectivity index (χ2v) is 4.67. The Hall–Kier alpha value is -2.43. The van der Waals surface area contributed by atoms with Gasteiger partial charge in [0.25, 0.3) is 11.8 Å². The van der Waals surface area contributed by atoms with Crippen LogP contribution < -0.4 is 5.32 Å². The van der Waals surface area contributed by atoms with Crippen molar-refractivity contribution in [3.05, 3.63) is 47.7 Å². The van der Waals surface area contributed by atoms with Crippen molar-refractivity contribution in [2.75, 3.05) is 0 Å². The molecule has 1 atom stereocenters. The van der Waals surface area contributed by atoms with Gasteiger partial charge in [0.05, 0.1) is 11.1 Å². The molecule has 1 N–H and O–H groups in total. The first-order valence-corrected chi connectivity index (χ1v) is 7.05. The molecule has 2 aliphatic heterocycles. The normalized spacial score (nSPS) is 19.7. The van der Waals surface area contributed by atoms with E-state index < -0.39 is 17.9 Å². The van der Waals surface area contributed by atoms with Crippen molar-refractivity contribution in [3.63, 3.8) is 0 Å². The maximum absolute atomic E-state index is 12.2. The number of allylic oxidation sites excluding steroid dienone is 1. The molecule has 5 nitrogen and oxygen atoms in total. The Morgan fingerprint density at radius 3 is 2.05 bits per heavy atom. The second kappa shape index (κ2) is 7.02. The van der Waals surface area contributed by atoms with Gasteiger partial charge in [0.15, 0.2) is 0 Å². The number of hydrogen-bond donors (Lipinski definition) is 1. The van der Waals surface area contributed by atoms with E-state index in [2.05, 4.69) is 11.9 Å². The molecule has 0 aliphatic carbocycles. The van der Waals surface area contributed by atoms with Gasteiger partial charge in [0.2, 0.25) is 5.91 Å². The van der Waals surface area contributed by atoms with E-state index in [0.29, 0.717) is 29.7 Å². The van der Waals surface area contributed by atoms with Gasteiger partial charge in [-0.15, -0.1) is 0 Å². The van der Waals surface area contributed by atoms with Gasteiger partial charge < -0.3 is 5.32 Å². The van der Waals surface area contributed by atoms with Crippen molar-refractivity contribution in [1.82, 2.24) is 10.2 Å². The fraction of sp³-hybridized carbons (Fsp3) is 0.353. The van der Waals surface area contributed by atoms with Crippen molar-refractivity contribution in [2.24, 2.45) is 0 Å². The molecule has 1 fully saturated rings. The maximum atomic E-state index is 12.2. The first kappa shape index (κ1) is 17.6. The van der Waals surface area contributed by atoms with Crippen LogP contribution in [0.4, 0.5) is 0 Å². The average Bonchev–Trinajstić information content (AvgIpc) is 2.75. The molecule has 1 unspecified atom stereocenters. The van der Waals surface area contributed by atoms with Crippen LogP contribution in [0.3, 0.4) is 0 Å². The van der Waals surface area contributed by atoms with Crippen LogP contribution in [0.1, 0.15) is 54.8 Å². The summed E-state index contributed by atoms with van der Waals surface area (Å²) in [7, 11) is 0. The van der Waals surface area contributed by atoms with E-state index >= 15 is 0 Å². The van der Waals surface area contributed by atoms with E-state index in [0.717, 1.165) is 4.90 Å². The van der Waals surface area contributed by atoms with Crippen LogP contribution in [0.2, 0.25) is 0 Å². The highest BCUT2D eigenvalue weighted by atomic mass is 16.2. The molecular weight excluding hydrogens is 280 g/mol. The van der Waals surface area contributed by atoms with Gasteiger partial charge >= 0.3 is 0 Å². The van der Waals surface area contributed by atoms with Crippen molar-refractivity contribution >= 4 is 17.7 Å². The molecule has 1 saturated heterocycles. The topological polar surface area (TPSA) is 66.5 Å². The molecule has 1 aromatic carbocycles. The Morgan fingerprint density at radius 1 is 1.09 bits per heavy atom. The van der Waals surface area contributed by atoms with Gasteiger partial charge in [-0.2, -0.15) is 0 Å². The number of fused-ring (bicyclic) bond motifs is 1. The molecule has 2 heterocycles. The van der Waals surface area contributed by atoms with Crippen molar-refractivity contribution < 1.29 is 14.4 Å². The third-order valence-electron chi connectivity index (χ3n) is 3.46. The van der Waals surface area contributed by atoms with Gasteiger partial charge in [-0.25, -0.2) is 0 Å². The number of benzene rings is 1. The molecule has 0 saturated carbocycles. The molecular formula is C17H22N2O3. The summed E-state index contributed by atoms with van der Waals surface area (Å²) >= 11 is 0. The van der Waals surface area contributed by atoms with Crippen molar-refractivity contribution in [1.29, 1.82) is 0 Å². The number of nitrogens with one attached hydrogen (secondary N) is 1. The minimum Gasteiger partial charge on any atom is -0.329 e. The van der Waals surface area contributed by atoms with E-state index in [1.54, 1.807) is 24.3 Å². The lowest BCUT2D eigenvalue weighted by molar-refractivity contribution is -0.125. The Bertz CT molecular complexity index is 587. The number of hydrogen-bond acceptors (Lipinski definition) is 3. The molecule has 118 valence electrons. The second-order valence-electron chi connectivity index (χ2n) is 4.67. The average molecular weight is 302 g/mol. The molecule has 5 heteroatoms. The first-order valence-electron chi connectivity index (χ1n) is 7.05. The lowest BCUT2D eigenvalue weighted by atomic mass is 10.0. The van der Waals surface area contributed by atoms with Crippen LogP contribution in [-0.4, -0.2) is 28.7 Å². The third kappa shape index (κ3) is 2.79. The van der Waals surface area contributed by atoms with Crippen LogP contribution in [0.5, 0.6) is 0 Å². The number of nitrogens with zero attached hydrogens (tertiary/aromatic N) is 1. The first-order chi connectivity index (χ1) is 10.1. The minimum absolute atomic E-state index is 0. The largest absolute Gasteiger partial charge is 0.329 e. The number of carbonyl (C=O) groups excluding carboxylic acids is 3. The molecule has 3 rings (SSSR count). The number of carbonyl (C=O) groups is 3. The quantitative estimate of drug-likeness (QED) is 0.811. The van der Waals surface area contributed by atoms with Gasteiger partial charge in [-0.05, 0) is 25.0 Å². The molecule has 0 bridgehead atoms. The fourth-order valence-electron chi connectivity index (χ4n) is 2.50. The highest BCUT2D eigenvalue weighted by Gasteiger charge is 2.43. The number of amides is 3. The van der Waals surface area contributed by atoms with Gasteiger partial charge in [-0.1, -0.05) is 40.0 Å². The molecule has 0 spiro atoms. The molecule has 22 heavy (non-hydrogen) atoms. The fourth-order valence-corrected chi connectivity index (χ4v) is 2.50. The molecule has 2 aliphatic rings. The molecule has 0 radical (unpaired) electrons. The number of piperidine rings is 1. The van der Waals surface area contributed by atoms with E-state index in [4.69, 9.17) is 0 Å². The van der Waals surface area contributed by atoms with Crippen LogP contribution in [0, 0.1) is 0 Å². The summed E-state index contributed by atoms with van der Waals surface area (Å²) in [5, 5.41) is 2.59. The number of imide groups is 1. The number of rotatable bonds is 1. The zero-order valence-corrected chi connectivity index (χ0v) is 12.2. The standard InChI is InChI=1S/C14H12N2O3.C2H6.CH4/c1-8-6-7-11(12(17)15-8)16-13(18)9-4-2-3-5-10(9)14(16)19;1-2;/h2-5,11H,1,6-7H2,(H,15,17);1-2H3;1H4. The molecule has 3 amide bonds. The summed E-state index contributed by atoms with van der Waals surface area (Å²) in [6.45, 7) is 7.68. The predicted octanol–water partition coefficient (Wildman–Crippen LogP) is 2.74. The minimum atomic E-state index is -0.738. The van der Waals surface area contributed by atoms with Gasteiger partial charge in [0, 0.05) is 5.70 Å². The van der Waals surface area contributed by atoms with Crippen LogP contribution in [0.15, 0.2) is 36.5 Å². The lowest BCUT2D eigenvalue weighted by Crippen LogP contribution is -2.51. The summed E-state index contributed by atoms with van der Waals surface area (Å²) in [6.07, 6.45) is 1.000. The molecule has 0 aromatic heterocycles. The summed E-state index contributed by atoms with van der Waals surface area (Å²) < 4.78 is 0. The van der Waals surface area contributed by atoms with Crippen molar-refractivity contribution in [3.8, 4) is 0 Å². The lowest BCUT2D eigenvalue weighted by Gasteiger charge is -2.29. The van der Waals surface area contributed by atoms with Crippen LogP contribution in [-0.2, 0) is 4.79 Å². The Labute approximate surface area is 131 Å². The van der Waals surface area contributed by atoms with E-state index in [9.17, 15) is 14.4 Å². The summed E-state index contributed by atoms with van der Waals surface area (Å²) in [5.74, 6) is -1.13. The summed E-state index contributed by atoms with van der Waals surface area (Å²) in [6, 6.07) is 5.88. The van der Waals surface area contributed by atoms with E-state index in [-0.39, 0.29) is 13.3 Å². The highest BCUT2D eigenvalue weighted by molar-refractivity contribution is 6.22. The highest BCUT2D eigenvalue weighted by Crippen LogP contribution is 2.27. The maximum Gasteiger partial charge on any atom is 0.262 e. The monoisotopic (exact) mass is 302 g/mol. The van der Waals surface area contributed by atoms with Gasteiger partial charge in [0.1, 0.15) is 6.04 Å². The van der Waals surface area contributed by atoms with Crippen LogP contribution in [0.25, 0.3) is 0 Å². The Kier molecular flexibility index (Phi) is 5.63. The SMILES string of the molecule is C.C=C1CCC(N2C(=O)c3ccccc3C2=O)C(=O)N1.CC. The van der Waals surface area contributed by atoms with E-state index in [1.165, 1.54) is 0 Å². The summed E-state index contributed by atoms with van der Waals surface area (Å²) in [5.41, 5.74) is 1.35. The zero-order chi connectivity index (χ0) is 15.6. The molecule has 1 aromatic rings.